The van der Waals surface area contributed by atoms with Crippen molar-refractivity contribution >= 4 is 53.0 Å². The number of hydrogen-bond donors (Lipinski definition) is 0. The van der Waals surface area contributed by atoms with Gasteiger partial charge in [0.15, 0.2) is 10.3 Å². The standard InChI is InChI=1S/2C25H31N3O4S2/c1-17-12-18(2)24(19(3)13-17)34(29,30)28-10-8-27(9-11-28)25-26-21(16-33-25)14-20-15-22(31-4)6-7-23(20)32-5;1-17-12-18(2)24(19(3)13-17)34(29,30)28-10-8-27(9-11-28)25-26-21(16-33-25)14-20-6-7-22(31-4)15-23(20)32-5/h2*6-7,12-13,15-16H,8-11,14H2,1-5H3. The number of methoxy groups -OCH3 is 4. The molecule has 2 aromatic heterocycles. The Bertz CT molecular complexity index is 2910. The highest BCUT2D eigenvalue weighted by atomic mass is 32.2. The summed E-state index contributed by atoms with van der Waals surface area (Å²) in [7, 11) is -0.472. The van der Waals surface area contributed by atoms with Gasteiger partial charge < -0.3 is 28.7 Å². The maximum atomic E-state index is 13.4. The highest BCUT2D eigenvalue weighted by Gasteiger charge is 2.33. The van der Waals surface area contributed by atoms with Crippen LogP contribution in [0.15, 0.2) is 81.2 Å². The molecule has 2 aliphatic rings. The summed E-state index contributed by atoms with van der Waals surface area (Å²) in [5.74, 6) is 3.11. The summed E-state index contributed by atoms with van der Waals surface area (Å²) in [5, 5.41) is 5.94. The van der Waals surface area contributed by atoms with Crippen LogP contribution in [0.2, 0.25) is 0 Å². The lowest BCUT2D eigenvalue weighted by molar-refractivity contribution is 0.383. The monoisotopic (exact) mass is 1000 g/mol. The molecule has 14 nitrogen and oxygen atoms in total. The second kappa shape index (κ2) is 21.6. The third-order valence-corrected chi connectivity index (χ3v) is 18.5. The Morgan fingerprint density at radius 1 is 0.485 bits per heavy atom. The van der Waals surface area contributed by atoms with Crippen LogP contribution in [-0.4, -0.2) is 116 Å². The van der Waals surface area contributed by atoms with Gasteiger partial charge in [0, 0.05) is 93.2 Å². The van der Waals surface area contributed by atoms with Gasteiger partial charge in [-0.2, -0.15) is 8.61 Å². The highest BCUT2D eigenvalue weighted by Crippen LogP contribution is 2.33. The maximum Gasteiger partial charge on any atom is 0.243 e. The zero-order chi connectivity index (χ0) is 48.9. The van der Waals surface area contributed by atoms with Crippen molar-refractivity contribution in [3.8, 4) is 23.0 Å². The van der Waals surface area contributed by atoms with Crippen LogP contribution in [0.1, 0.15) is 55.9 Å². The van der Waals surface area contributed by atoms with Crippen molar-refractivity contribution in [3.63, 3.8) is 0 Å². The lowest BCUT2D eigenvalue weighted by Crippen LogP contribution is -2.48. The van der Waals surface area contributed by atoms with Gasteiger partial charge in [0.1, 0.15) is 23.0 Å². The number of anilines is 2. The lowest BCUT2D eigenvalue weighted by atomic mass is 10.1. The number of aromatic nitrogens is 2. The minimum atomic E-state index is -3.53. The van der Waals surface area contributed by atoms with Crippen molar-refractivity contribution in [2.75, 3.05) is 90.6 Å². The summed E-state index contributed by atoms with van der Waals surface area (Å²) in [4.78, 5) is 14.9. The summed E-state index contributed by atoms with van der Waals surface area (Å²) in [5.41, 5.74) is 9.33. The van der Waals surface area contributed by atoms with Gasteiger partial charge in [-0.1, -0.05) is 41.5 Å². The first-order valence-corrected chi connectivity index (χ1v) is 27.1. The number of thiazole rings is 2. The predicted octanol–water partition coefficient (Wildman–Crippen LogP) is 8.37. The molecule has 18 heteroatoms. The van der Waals surface area contributed by atoms with Crippen molar-refractivity contribution in [3.05, 3.63) is 127 Å². The second-order valence-electron chi connectivity index (χ2n) is 17.2. The maximum absolute atomic E-state index is 13.4. The molecule has 0 atom stereocenters. The molecule has 0 bridgehead atoms. The molecule has 68 heavy (non-hydrogen) atoms. The second-order valence-corrected chi connectivity index (χ2v) is 22.6. The molecule has 2 saturated heterocycles. The van der Waals surface area contributed by atoms with Gasteiger partial charge in [-0.15, -0.1) is 22.7 Å². The largest absolute Gasteiger partial charge is 0.497 e. The lowest BCUT2D eigenvalue weighted by Gasteiger charge is -2.34. The Hall–Kier alpha value is -5.24. The van der Waals surface area contributed by atoms with E-state index in [2.05, 4.69) is 20.6 Å². The molecule has 0 unspecified atom stereocenters. The van der Waals surface area contributed by atoms with Crippen LogP contribution in [0.4, 0.5) is 10.3 Å². The van der Waals surface area contributed by atoms with E-state index in [1.165, 1.54) is 0 Å². The van der Waals surface area contributed by atoms with Crippen molar-refractivity contribution in [1.29, 1.82) is 0 Å². The fourth-order valence-corrected chi connectivity index (χ4v) is 14.5. The Kier molecular flexibility index (Phi) is 16.1. The quantitative estimate of drug-likeness (QED) is 0.103. The van der Waals surface area contributed by atoms with Gasteiger partial charge in [-0.05, 0) is 88.1 Å². The summed E-state index contributed by atoms with van der Waals surface area (Å²) in [6, 6.07) is 19.3. The Morgan fingerprint density at radius 2 is 0.882 bits per heavy atom. The van der Waals surface area contributed by atoms with E-state index in [0.29, 0.717) is 75.0 Å². The van der Waals surface area contributed by atoms with Crippen LogP contribution < -0.4 is 28.7 Å². The number of rotatable bonds is 14. The number of aryl methyl sites for hydroxylation is 6. The molecule has 8 rings (SSSR count). The first kappa shape index (κ1) is 50.6. The van der Waals surface area contributed by atoms with E-state index in [-0.39, 0.29) is 0 Å². The topological polar surface area (TPSA) is 144 Å². The van der Waals surface area contributed by atoms with E-state index < -0.39 is 20.0 Å². The van der Waals surface area contributed by atoms with Gasteiger partial charge in [0.25, 0.3) is 0 Å². The Labute approximate surface area is 410 Å². The van der Waals surface area contributed by atoms with E-state index in [1.54, 1.807) is 59.7 Å². The number of ether oxygens (including phenoxy) is 4. The fraction of sp³-hybridized carbons (Fsp3) is 0.400. The highest BCUT2D eigenvalue weighted by molar-refractivity contribution is 7.89. The zero-order valence-electron chi connectivity index (χ0n) is 40.6. The van der Waals surface area contributed by atoms with E-state index in [4.69, 9.17) is 28.9 Å². The van der Waals surface area contributed by atoms with Crippen LogP contribution in [0.5, 0.6) is 23.0 Å². The fourth-order valence-electron chi connectivity index (χ4n) is 9.10. The van der Waals surface area contributed by atoms with Crippen LogP contribution in [0.3, 0.4) is 0 Å². The molecule has 2 aliphatic heterocycles. The molecule has 364 valence electrons. The van der Waals surface area contributed by atoms with Crippen LogP contribution in [0.25, 0.3) is 0 Å². The first-order chi connectivity index (χ1) is 32.4. The number of piperazine rings is 2. The number of hydrogen-bond acceptors (Lipinski definition) is 14. The number of sulfonamides is 2. The van der Waals surface area contributed by atoms with Crippen molar-refractivity contribution < 1.29 is 35.8 Å². The molecule has 6 aromatic rings. The van der Waals surface area contributed by atoms with Gasteiger partial charge in [0.05, 0.1) is 49.6 Å². The van der Waals surface area contributed by atoms with Gasteiger partial charge in [-0.25, -0.2) is 26.8 Å². The average molecular weight is 1000 g/mol. The Morgan fingerprint density at radius 3 is 1.29 bits per heavy atom. The summed E-state index contributed by atoms with van der Waals surface area (Å²) in [6.45, 7) is 15.7. The van der Waals surface area contributed by atoms with E-state index in [9.17, 15) is 16.8 Å². The molecule has 0 spiro atoms. The van der Waals surface area contributed by atoms with Gasteiger partial charge >= 0.3 is 0 Å². The normalized spacial score (nSPS) is 14.9. The average Bonchev–Trinajstić information content (AvgIpc) is 3.99. The molecular formula is C50H62N6O8S4. The van der Waals surface area contributed by atoms with Gasteiger partial charge in [0.2, 0.25) is 20.0 Å². The molecule has 0 N–H and O–H groups in total. The first-order valence-electron chi connectivity index (χ1n) is 22.4. The molecule has 0 radical (unpaired) electrons. The molecule has 2 fully saturated rings. The zero-order valence-corrected chi connectivity index (χ0v) is 43.8. The number of nitrogens with zero attached hydrogens (tertiary/aromatic N) is 6. The van der Waals surface area contributed by atoms with E-state index >= 15 is 0 Å². The van der Waals surface area contributed by atoms with Crippen LogP contribution in [0, 0.1) is 41.5 Å². The summed E-state index contributed by atoms with van der Waals surface area (Å²) in [6.07, 6.45) is 1.29. The molecule has 0 aliphatic carbocycles. The third-order valence-electron chi connectivity index (χ3n) is 12.2. The molecular weight excluding hydrogens is 941 g/mol. The Balaban J connectivity index is 0.000000201. The van der Waals surface area contributed by atoms with Gasteiger partial charge in [-0.3, -0.25) is 0 Å². The summed E-state index contributed by atoms with van der Waals surface area (Å²) < 4.78 is 78.3. The number of benzene rings is 4. The summed E-state index contributed by atoms with van der Waals surface area (Å²) >= 11 is 3.17. The minimum Gasteiger partial charge on any atom is -0.497 e. The molecule has 4 heterocycles. The van der Waals surface area contributed by atoms with Crippen LogP contribution >= 0.6 is 22.7 Å². The predicted molar refractivity (Wildman–Crippen MR) is 272 cm³/mol. The van der Waals surface area contributed by atoms with E-state index in [1.807, 2.05) is 102 Å². The molecule has 0 saturated carbocycles. The van der Waals surface area contributed by atoms with E-state index in [0.717, 1.165) is 89.2 Å². The minimum absolute atomic E-state index is 0.438. The van der Waals surface area contributed by atoms with Crippen molar-refractivity contribution in [1.82, 2.24) is 18.6 Å². The van der Waals surface area contributed by atoms with Crippen molar-refractivity contribution in [2.45, 2.75) is 64.2 Å². The van der Waals surface area contributed by atoms with Crippen LogP contribution in [-0.2, 0) is 32.9 Å². The third kappa shape index (κ3) is 11.3. The smallest absolute Gasteiger partial charge is 0.243 e. The molecule has 0 amide bonds. The van der Waals surface area contributed by atoms with Crippen molar-refractivity contribution in [2.24, 2.45) is 0 Å². The SMILES string of the molecule is COc1ccc(Cc2csc(N3CCN(S(=O)(=O)c4c(C)cc(C)cc4C)CC3)n2)c(OC)c1.COc1ccc(OC)c(Cc2csc(N3CCN(S(=O)(=O)c4c(C)cc(C)cc4C)CC3)n2)c1. The molecule has 4 aromatic carbocycles.